The molecule has 42 heavy (non-hydrogen) atoms. The van der Waals surface area contributed by atoms with Crippen LogP contribution in [-0.4, -0.2) is 15.0 Å². The third-order valence-electron chi connectivity index (χ3n) is 9.69. The van der Waals surface area contributed by atoms with Crippen LogP contribution >= 0.6 is 0 Å². The molecule has 4 fully saturated rings. The molecule has 4 saturated carbocycles. The Morgan fingerprint density at radius 3 is 2.26 bits per heavy atom. The average Bonchev–Trinajstić information content (AvgIpc) is 3.46. The summed E-state index contributed by atoms with van der Waals surface area (Å²) in [4.78, 5) is 12.1. The van der Waals surface area contributed by atoms with Gasteiger partial charge in [-0.05, 0) is 85.5 Å². The van der Waals surface area contributed by atoms with Gasteiger partial charge >= 0.3 is 6.18 Å². The highest BCUT2D eigenvalue weighted by molar-refractivity contribution is 5.61. The van der Waals surface area contributed by atoms with E-state index >= 15 is 0 Å². The lowest BCUT2D eigenvalue weighted by molar-refractivity contribution is -0.141. The molecule has 0 aliphatic heterocycles. The van der Waals surface area contributed by atoms with Gasteiger partial charge in [0, 0.05) is 28.9 Å². The second-order valence-corrected chi connectivity index (χ2v) is 12.5. The van der Waals surface area contributed by atoms with Gasteiger partial charge in [-0.1, -0.05) is 36.4 Å². The van der Waals surface area contributed by atoms with Crippen LogP contribution in [0.4, 0.5) is 23.4 Å². The Labute approximate surface area is 241 Å². The van der Waals surface area contributed by atoms with Gasteiger partial charge in [0.05, 0.1) is 17.5 Å². The first-order valence-electron chi connectivity index (χ1n) is 14.5. The third kappa shape index (κ3) is 4.82. The van der Waals surface area contributed by atoms with Crippen molar-refractivity contribution in [2.24, 2.45) is 23.2 Å². The van der Waals surface area contributed by atoms with Gasteiger partial charge in [0.1, 0.15) is 12.4 Å². The van der Waals surface area contributed by atoms with Gasteiger partial charge in [0.15, 0.2) is 5.82 Å². The van der Waals surface area contributed by atoms with Crippen molar-refractivity contribution in [2.45, 2.75) is 57.2 Å². The lowest BCUT2D eigenvalue weighted by Gasteiger charge is -2.59. The van der Waals surface area contributed by atoms with E-state index in [9.17, 15) is 17.6 Å². The molecule has 5 nitrogen and oxygen atoms in total. The Kier molecular flexibility index (Phi) is 6.51. The maximum atomic E-state index is 14.0. The monoisotopic (exact) mass is 576 g/mol. The molecule has 0 saturated heterocycles. The van der Waals surface area contributed by atoms with E-state index in [1.54, 1.807) is 0 Å². The normalized spacial score (nSPS) is 25.5. The summed E-state index contributed by atoms with van der Waals surface area (Å²) in [5, 5.41) is 0. The van der Waals surface area contributed by atoms with Crippen molar-refractivity contribution < 1.29 is 22.3 Å². The highest BCUT2D eigenvalue weighted by atomic mass is 19.4. The fourth-order valence-electron chi connectivity index (χ4n) is 8.54. The van der Waals surface area contributed by atoms with E-state index < -0.39 is 24.2 Å². The van der Waals surface area contributed by atoms with E-state index in [2.05, 4.69) is 39.2 Å². The lowest BCUT2D eigenvalue weighted by atomic mass is 9.45. The number of aromatic amines is 1. The molecule has 3 N–H and O–H groups in total. The van der Waals surface area contributed by atoms with Gasteiger partial charge in [-0.25, -0.2) is 14.4 Å². The molecule has 0 amide bonds. The topological polar surface area (TPSA) is 76.8 Å². The van der Waals surface area contributed by atoms with E-state index in [0.717, 1.165) is 29.4 Å². The molecule has 2 heterocycles. The van der Waals surface area contributed by atoms with E-state index in [1.807, 2.05) is 18.3 Å². The van der Waals surface area contributed by atoms with Crippen LogP contribution in [0.25, 0.3) is 11.3 Å². The minimum atomic E-state index is -4.86. The molecule has 0 radical (unpaired) electrons. The van der Waals surface area contributed by atoms with Crippen LogP contribution in [0.3, 0.4) is 0 Å². The van der Waals surface area contributed by atoms with Crippen LogP contribution in [-0.2, 0) is 12.8 Å². The van der Waals surface area contributed by atoms with Gasteiger partial charge in [0.25, 0.3) is 5.88 Å². The molecule has 218 valence electrons. The van der Waals surface area contributed by atoms with Crippen molar-refractivity contribution in [3.05, 3.63) is 95.2 Å². The number of anilines is 1. The zero-order valence-electron chi connectivity index (χ0n) is 23.0. The maximum absolute atomic E-state index is 14.0. The molecule has 4 aliphatic rings. The number of hydrogen-bond acceptors (Lipinski definition) is 4. The highest BCUT2D eigenvalue weighted by Gasteiger charge is 2.55. The molecule has 4 bridgehead atoms. The van der Waals surface area contributed by atoms with E-state index in [0.29, 0.717) is 5.69 Å². The smallest absolute Gasteiger partial charge is 0.419 e. The van der Waals surface area contributed by atoms with Crippen molar-refractivity contribution in [1.29, 1.82) is 0 Å². The molecule has 1 atom stereocenters. The predicted octanol–water partition coefficient (Wildman–Crippen LogP) is 8.14. The number of halogens is 4. The third-order valence-corrected chi connectivity index (χ3v) is 9.69. The van der Waals surface area contributed by atoms with Crippen LogP contribution in [0, 0.1) is 29.0 Å². The number of hydrogen-bond donors (Lipinski definition) is 2. The summed E-state index contributed by atoms with van der Waals surface area (Å²) >= 11 is 0. The number of nitrogens with two attached hydrogens (primary N) is 1. The standard InChI is InChI=1S/C33H32F4N4O/c34-25-4-1-3-24(28(25)33(35,36)37)18-42-31-30(38)40-17-27(41-31)22-6-8-23(9-7-22)29(26-5-2-10-39-26)32-14-19-11-20(15-32)13-21(12-19)16-32/h1-10,17,19-21,29,39H,11-16,18H2,(H2,38,40). The fourth-order valence-corrected chi connectivity index (χ4v) is 8.54. The zero-order chi connectivity index (χ0) is 29.1. The largest absolute Gasteiger partial charge is 0.470 e. The number of nitrogens with one attached hydrogen (secondary N) is 1. The highest BCUT2D eigenvalue weighted by Crippen LogP contribution is 2.65. The molecule has 8 rings (SSSR count). The summed E-state index contributed by atoms with van der Waals surface area (Å²) in [5.74, 6) is 1.24. The molecular weight excluding hydrogens is 544 g/mol. The van der Waals surface area contributed by atoms with Crippen molar-refractivity contribution in [1.82, 2.24) is 15.0 Å². The Balaban J connectivity index is 1.16. The first-order chi connectivity index (χ1) is 20.2. The molecule has 4 aromatic rings. The first-order valence-corrected chi connectivity index (χ1v) is 14.5. The lowest BCUT2D eigenvalue weighted by Crippen LogP contribution is -2.49. The fraction of sp³-hybridized carbons (Fsp3) is 0.394. The minimum absolute atomic E-state index is 0.0612. The van der Waals surface area contributed by atoms with Gasteiger partial charge in [0.2, 0.25) is 0 Å². The van der Waals surface area contributed by atoms with Crippen LogP contribution < -0.4 is 10.5 Å². The molecular formula is C33H32F4N4O. The Morgan fingerprint density at radius 1 is 0.952 bits per heavy atom. The van der Waals surface area contributed by atoms with Crippen LogP contribution in [0.5, 0.6) is 5.88 Å². The predicted molar refractivity (Wildman–Crippen MR) is 151 cm³/mol. The molecule has 4 aliphatic carbocycles. The van der Waals surface area contributed by atoms with Crippen molar-refractivity contribution in [2.75, 3.05) is 5.73 Å². The van der Waals surface area contributed by atoms with E-state index in [-0.39, 0.29) is 28.6 Å². The number of nitrogens with zero attached hydrogens (tertiary/aromatic N) is 2. The number of nitrogen functional groups attached to an aromatic ring is 1. The summed E-state index contributed by atoms with van der Waals surface area (Å²) in [6.45, 7) is -0.559. The van der Waals surface area contributed by atoms with Gasteiger partial charge in [-0.2, -0.15) is 13.2 Å². The van der Waals surface area contributed by atoms with Gasteiger partial charge in [-0.3, -0.25) is 0 Å². The molecule has 2 aromatic carbocycles. The average molecular weight is 577 g/mol. The van der Waals surface area contributed by atoms with Gasteiger partial charge < -0.3 is 15.5 Å². The molecule has 0 spiro atoms. The minimum Gasteiger partial charge on any atom is -0.470 e. The van der Waals surface area contributed by atoms with Gasteiger partial charge in [-0.15, -0.1) is 0 Å². The van der Waals surface area contributed by atoms with Crippen molar-refractivity contribution in [3.8, 4) is 17.1 Å². The number of benzene rings is 2. The number of alkyl halides is 3. The molecule has 2 aromatic heterocycles. The van der Waals surface area contributed by atoms with E-state index in [1.165, 1.54) is 68.1 Å². The van der Waals surface area contributed by atoms with Crippen molar-refractivity contribution in [3.63, 3.8) is 0 Å². The molecule has 1 unspecified atom stereocenters. The van der Waals surface area contributed by atoms with Crippen LogP contribution in [0.15, 0.2) is 67.0 Å². The number of rotatable bonds is 7. The summed E-state index contributed by atoms with van der Waals surface area (Å²) in [7, 11) is 0. The van der Waals surface area contributed by atoms with Crippen molar-refractivity contribution >= 4 is 5.82 Å². The Bertz CT molecular complexity index is 1550. The summed E-state index contributed by atoms with van der Waals surface area (Å²) in [6.07, 6.45) is 6.62. The second kappa shape index (κ2) is 10.1. The zero-order valence-corrected chi connectivity index (χ0v) is 23.0. The second-order valence-electron chi connectivity index (χ2n) is 12.5. The quantitative estimate of drug-likeness (QED) is 0.218. The first kappa shape index (κ1) is 27.0. The SMILES string of the molecule is Nc1ncc(-c2ccc(C(c3ccc[nH]3)C34CC5CC(CC(C5)C3)C4)cc2)nc1OCc1cccc(F)c1C(F)(F)F. The number of H-pyrrole nitrogens is 1. The number of ether oxygens (including phenoxy) is 1. The Morgan fingerprint density at radius 2 is 1.64 bits per heavy atom. The summed E-state index contributed by atoms with van der Waals surface area (Å²) < 4.78 is 59.9. The number of aromatic nitrogens is 3. The van der Waals surface area contributed by atoms with Crippen LogP contribution in [0.2, 0.25) is 0 Å². The van der Waals surface area contributed by atoms with E-state index in [4.69, 9.17) is 10.5 Å². The Hall–Kier alpha value is -3.88. The summed E-state index contributed by atoms with van der Waals surface area (Å²) in [5.41, 5.74) is 8.27. The summed E-state index contributed by atoms with van der Waals surface area (Å²) in [6, 6.07) is 15.7. The maximum Gasteiger partial charge on any atom is 0.419 e. The molecule has 9 heteroatoms. The van der Waals surface area contributed by atoms with Crippen LogP contribution in [0.1, 0.15) is 66.8 Å².